The second-order valence-electron chi connectivity index (χ2n) is 9.97. The van der Waals surface area contributed by atoms with Gasteiger partial charge in [-0.3, -0.25) is 4.79 Å². The van der Waals surface area contributed by atoms with Gasteiger partial charge in [0, 0.05) is 34.1 Å². The fourth-order valence-electron chi connectivity index (χ4n) is 4.49. The number of pyridine rings is 2. The highest BCUT2D eigenvalue weighted by Crippen LogP contribution is 2.63. The molecular formula is C25H28N4O5S. The van der Waals surface area contributed by atoms with Crippen LogP contribution in [0.4, 0.5) is 5.69 Å². The fraction of sp³-hybridized carbons (Fsp3) is 0.400. The number of hydrogen-bond acceptors (Lipinski definition) is 8. The van der Waals surface area contributed by atoms with Crippen molar-refractivity contribution in [3.63, 3.8) is 0 Å². The smallest absolute Gasteiger partial charge is 0.257 e. The minimum atomic E-state index is -1.49. The van der Waals surface area contributed by atoms with E-state index in [1.165, 1.54) is 7.11 Å². The molecule has 0 fully saturated rings. The highest BCUT2D eigenvalue weighted by Gasteiger charge is 2.38. The number of carbonyl (C=O) groups is 1. The highest BCUT2D eigenvalue weighted by molar-refractivity contribution is 8.33. The number of aromatic nitrogens is 2. The van der Waals surface area contributed by atoms with Gasteiger partial charge in [0.25, 0.3) is 5.56 Å². The van der Waals surface area contributed by atoms with E-state index in [0.29, 0.717) is 28.9 Å². The van der Waals surface area contributed by atoms with Crippen LogP contribution >= 0.6 is 10.0 Å². The number of fused-ring (bicyclic) bond motifs is 4. The molecule has 3 heterocycles. The van der Waals surface area contributed by atoms with Crippen LogP contribution in [0.1, 0.15) is 43.5 Å². The van der Waals surface area contributed by atoms with Crippen molar-refractivity contribution in [2.24, 2.45) is 10.4 Å². The van der Waals surface area contributed by atoms with Gasteiger partial charge in [0.05, 0.1) is 30.1 Å². The van der Waals surface area contributed by atoms with Crippen molar-refractivity contribution in [1.29, 1.82) is 0 Å². The van der Waals surface area contributed by atoms with E-state index in [1.807, 2.05) is 0 Å². The maximum Gasteiger partial charge on any atom is 0.257 e. The van der Waals surface area contributed by atoms with Gasteiger partial charge >= 0.3 is 0 Å². The zero-order valence-electron chi connectivity index (χ0n) is 20.6. The minimum absolute atomic E-state index is 0.0555. The molecular weight excluding hydrogens is 468 g/mol. The largest absolute Gasteiger partial charge is 0.380 e. The number of rotatable bonds is 7. The Kier molecular flexibility index (Phi) is 6.23. The maximum atomic E-state index is 13.6. The van der Waals surface area contributed by atoms with Crippen LogP contribution in [0.3, 0.4) is 0 Å². The van der Waals surface area contributed by atoms with E-state index in [2.05, 4.69) is 43.6 Å². The molecule has 1 unspecified atom stereocenters. The Morgan fingerprint density at radius 2 is 1.94 bits per heavy atom. The lowest BCUT2D eigenvalue weighted by atomic mass is 10.0. The lowest BCUT2D eigenvalue weighted by Gasteiger charge is -2.46. The molecule has 35 heavy (non-hydrogen) atoms. The Balaban J connectivity index is 2.13. The number of carbonyl (C=O) groups excluding carboxylic acids is 1. The molecule has 2 aromatic heterocycles. The first kappa shape index (κ1) is 24.9. The summed E-state index contributed by atoms with van der Waals surface area (Å²) in [7, 11) is -0.0436. The predicted octanol–water partition coefficient (Wildman–Crippen LogP) is 5.20. The zero-order valence-corrected chi connectivity index (χ0v) is 21.4. The minimum Gasteiger partial charge on any atom is -0.380 e. The molecule has 9 nitrogen and oxygen atoms in total. The third-order valence-electron chi connectivity index (χ3n) is 7.01. The molecule has 1 aliphatic rings. The summed E-state index contributed by atoms with van der Waals surface area (Å²) in [6, 6.07) is 5.48. The molecule has 1 aliphatic heterocycles. The Morgan fingerprint density at radius 3 is 2.51 bits per heavy atom. The molecule has 4 rings (SSSR count). The van der Waals surface area contributed by atoms with Crippen molar-refractivity contribution in [1.82, 2.24) is 9.55 Å². The number of ether oxygens (including phenoxy) is 1. The van der Waals surface area contributed by atoms with Crippen LogP contribution in [0.5, 0.6) is 0 Å². The highest BCUT2D eigenvalue weighted by atomic mass is 32.3. The Morgan fingerprint density at radius 1 is 1.23 bits per heavy atom. The van der Waals surface area contributed by atoms with Gasteiger partial charge in [-0.25, -0.2) is 15.0 Å². The second-order valence-corrected chi connectivity index (χ2v) is 14.3. The summed E-state index contributed by atoms with van der Waals surface area (Å²) in [4.78, 5) is 53.9. The van der Waals surface area contributed by atoms with Crippen molar-refractivity contribution < 1.29 is 9.53 Å². The third kappa shape index (κ3) is 3.81. The summed E-state index contributed by atoms with van der Waals surface area (Å²) < 4.78 is 6.72. The summed E-state index contributed by atoms with van der Waals surface area (Å²) >= 11 is 0. The van der Waals surface area contributed by atoms with Crippen LogP contribution in [0, 0.1) is 9.81 Å². The van der Waals surface area contributed by atoms with Crippen LogP contribution in [-0.2, 0) is 22.7 Å². The van der Waals surface area contributed by atoms with Crippen LogP contribution in [0.2, 0.25) is 0 Å². The van der Waals surface area contributed by atoms with Crippen molar-refractivity contribution in [3.8, 4) is 11.4 Å². The van der Waals surface area contributed by atoms with Gasteiger partial charge in [-0.1, -0.05) is 25.9 Å². The van der Waals surface area contributed by atoms with Crippen LogP contribution in [0.15, 0.2) is 44.3 Å². The van der Waals surface area contributed by atoms with Gasteiger partial charge in [-0.2, -0.15) is 0 Å². The lowest BCUT2D eigenvalue weighted by molar-refractivity contribution is -0.109. The van der Waals surface area contributed by atoms with Gasteiger partial charge in [0.1, 0.15) is 5.69 Å². The molecule has 0 aliphatic carbocycles. The van der Waals surface area contributed by atoms with E-state index in [4.69, 9.17) is 9.72 Å². The molecule has 0 N–H and O–H groups in total. The van der Waals surface area contributed by atoms with Crippen molar-refractivity contribution in [3.05, 3.63) is 61.1 Å². The molecule has 10 heteroatoms. The van der Waals surface area contributed by atoms with Crippen molar-refractivity contribution in [2.75, 3.05) is 19.6 Å². The Labute approximate surface area is 204 Å². The van der Waals surface area contributed by atoms with Crippen molar-refractivity contribution >= 4 is 32.9 Å². The molecule has 0 spiro atoms. The van der Waals surface area contributed by atoms with E-state index in [9.17, 15) is 19.4 Å². The third-order valence-corrected chi connectivity index (χ3v) is 11.6. The number of hydrogen-bond donors (Lipinski definition) is 0. The number of nitroso groups, excluding NO2 is 2. The topological polar surface area (TPSA) is 120 Å². The summed E-state index contributed by atoms with van der Waals surface area (Å²) in [6.07, 6.45) is 4.86. The number of methoxy groups -OCH3 is 1. The van der Waals surface area contributed by atoms with Gasteiger partial charge in [-0.05, 0) is 46.7 Å². The number of aldehydes is 1. The van der Waals surface area contributed by atoms with Gasteiger partial charge < -0.3 is 14.1 Å². The maximum absolute atomic E-state index is 13.6. The van der Waals surface area contributed by atoms with Gasteiger partial charge in [0.2, 0.25) is 0 Å². The van der Waals surface area contributed by atoms with Crippen LogP contribution in [0.25, 0.3) is 22.3 Å². The first-order valence-corrected chi connectivity index (χ1v) is 13.5. The van der Waals surface area contributed by atoms with E-state index in [-0.39, 0.29) is 34.6 Å². The number of benzene rings is 1. The van der Waals surface area contributed by atoms with E-state index in [1.54, 1.807) is 28.8 Å². The Hall–Kier alpha value is -3.24. The first-order chi connectivity index (χ1) is 16.5. The number of nitrogens with zero attached hydrogens (tertiary/aromatic N) is 4. The Bertz CT molecular complexity index is 1430. The van der Waals surface area contributed by atoms with Gasteiger partial charge in [0.15, 0.2) is 12.3 Å². The normalized spacial score (nSPS) is 14.3. The average molecular weight is 497 g/mol. The molecule has 184 valence electrons. The standard InChI is InChI=1S/C25H28N4O5S/c1-25(2,3)35(5,6)23-16-9-14(27-32)7-8-19(16)26-22-17(23)11-29-21(22)10-15(20(12-30)28-33)18(13-34-4)24(29)31/h7-10,12,20H,11,13H2,1-6H3. The van der Waals surface area contributed by atoms with E-state index in [0.717, 1.165) is 15.8 Å². The fourth-order valence-corrected chi connectivity index (χ4v) is 6.60. The zero-order chi connectivity index (χ0) is 25.7. The van der Waals surface area contributed by atoms with Crippen LogP contribution in [-0.4, -0.2) is 40.2 Å². The summed E-state index contributed by atoms with van der Waals surface area (Å²) in [5.41, 5.74) is 3.15. The average Bonchev–Trinajstić information content (AvgIpc) is 3.17. The summed E-state index contributed by atoms with van der Waals surface area (Å²) in [5.74, 6) is 0. The predicted molar refractivity (Wildman–Crippen MR) is 139 cm³/mol. The monoisotopic (exact) mass is 496 g/mol. The molecule has 0 saturated heterocycles. The summed E-state index contributed by atoms with van der Waals surface area (Å²) in [6.45, 7) is 6.76. The molecule has 1 aromatic carbocycles. The van der Waals surface area contributed by atoms with E-state index >= 15 is 0 Å². The SMILES string of the molecule is COCc1c(C(C=O)N=O)cc2n(c1=O)Cc1c-2nc2ccc(N=O)cc2c1S(C)(C)C(C)(C)C. The quantitative estimate of drug-likeness (QED) is 0.256. The molecule has 0 radical (unpaired) electrons. The first-order valence-electron chi connectivity index (χ1n) is 11.1. The van der Waals surface area contributed by atoms with Gasteiger partial charge in [-0.15, -0.1) is 9.81 Å². The lowest BCUT2D eigenvalue weighted by Crippen LogP contribution is -2.27. The molecule has 0 bridgehead atoms. The summed E-state index contributed by atoms with van der Waals surface area (Å²) in [5, 5.41) is 6.89. The van der Waals surface area contributed by atoms with Crippen molar-refractivity contribution in [2.45, 2.75) is 49.6 Å². The molecule has 0 amide bonds. The molecule has 1 atom stereocenters. The molecule has 0 saturated carbocycles. The molecule has 3 aromatic rings. The second kappa shape index (κ2) is 8.76. The van der Waals surface area contributed by atoms with Crippen LogP contribution < -0.4 is 5.56 Å². The van der Waals surface area contributed by atoms with E-state index < -0.39 is 16.1 Å².